The molecule has 0 spiro atoms. The maximum Gasteiger partial charge on any atom is 0.414 e. The van der Waals surface area contributed by atoms with Crippen molar-refractivity contribution in [1.29, 1.82) is 0 Å². The Hall–Kier alpha value is -1.59. The first kappa shape index (κ1) is 15.8. The Morgan fingerprint density at radius 2 is 2.19 bits per heavy atom. The van der Waals surface area contributed by atoms with Gasteiger partial charge in [-0.15, -0.1) is 0 Å². The summed E-state index contributed by atoms with van der Waals surface area (Å²) >= 11 is 0. The Kier molecular flexibility index (Phi) is 4.54. The second-order valence-corrected chi connectivity index (χ2v) is 6.31. The average Bonchev–Trinajstić information content (AvgIpc) is 2.80. The number of aliphatic hydroxyl groups is 1. The van der Waals surface area contributed by atoms with Gasteiger partial charge in [-0.3, -0.25) is 4.90 Å². The number of nitrogens with one attached hydrogen (secondary N) is 1. The number of anilines is 1. The quantitative estimate of drug-likeness (QED) is 0.897. The van der Waals surface area contributed by atoms with E-state index in [2.05, 4.69) is 5.32 Å². The van der Waals surface area contributed by atoms with Crippen LogP contribution in [0, 0.1) is 0 Å². The molecule has 116 valence electrons. The number of carbonyl (C=O) groups excluding carboxylic acids is 1. The fourth-order valence-corrected chi connectivity index (χ4v) is 2.56. The highest BCUT2D eigenvalue weighted by Gasteiger charge is 2.32. The number of likely N-dealkylation sites (N-methyl/N-ethyl adjacent to an activating group) is 1. The van der Waals surface area contributed by atoms with Crippen LogP contribution in [0.1, 0.15) is 38.0 Å². The van der Waals surface area contributed by atoms with Crippen LogP contribution in [0.3, 0.4) is 0 Å². The van der Waals surface area contributed by atoms with Crippen molar-refractivity contribution in [2.75, 3.05) is 25.0 Å². The molecule has 2 N–H and O–H groups in total. The number of fused-ring (bicyclic) bond motifs is 1. The van der Waals surface area contributed by atoms with E-state index in [0.29, 0.717) is 13.1 Å². The molecule has 0 aliphatic carbocycles. The minimum atomic E-state index is -0.645. The van der Waals surface area contributed by atoms with Crippen molar-refractivity contribution in [2.24, 2.45) is 0 Å². The van der Waals surface area contributed by atoms with Crippen LogP contribution >= 0.6 is 0 Å². The molecule has 1 aliphatic rings. The van der Waals surface area contributed by atoms with E-state index in [4.69, 9.17) is 4.74 Å². The molecular weight excluding hydrogens is 268 g/mol. The van der Waals surface area contributed by atoms with Gasteiger partial charge in [-0.05, 0) is 39.8 Å². The third kappa shape index (κ3) is 3.54. The number of amides is 1. The van der Waals surface area contributed by atoms with Crippen molar-refractivity contribution in [3.8, 4) is 0 Å². The summed E-state index contributed by atoms with van der Waals surface area (Å²) in [5.41, 5.74) is 2.12. The minimum absolute atomic E-state index is 0.356. The van der Waals surface area contributed by atoms with Gasteiger partial charge in [0, 0.05) is 18.7 Å². The third-order valence-electron chi connectivity index (χ3n) is 3.40. The van der Waals surface area contributed by atoms with Gasteiger partial charge in [0.2, 0.25) is 0 Å². The van der Waals surface area contributed by atoms with Crippen LogP contribution in [-0.4, -0.2) is 36.9 Å². The van der Waals surface area contributed by atoms with Gasteiger partial charge in [0.25, 0.3) is 0 Å². The molecule has 2 rings (SSSR count). The van der Waals surface area contributed by atoms with Gasteiger partial charge < -0.3 is 15.2 Å². The van der Waals surface area contributed by atoms with Crippen LogP contribution in [0.2, 0.25) is 0 Å². The Morgan fingerprint density at radius 3 is 2.81 bits per heavy atom. The predicted molar refractivity (Wildman–Crippen MR) is 82.6 cm³/mol. The molecule has 5 nitrogen and oxygen atoms in total. The molecule has 1 atom stereocenters. The zero-order valence-electron chi connectivity index (χ0n) is 13.1. The lowest BCUT2D eigenvalue weighted by Gasteiger charge is -2.26. The molecule has 1 aromatic carbocycles. The van der Waals surface area contributed by atoms with Crippen LogP contribution in [-0.2, 0) is 11.2 Å². The number of carbonyl (C=O) groups is 1. The van der Waals surface area contributed by atoms with E-state index in [1.54, 1.807) is 11.9 Å². The second kappa shape index (κ2) is 6.03. The lowest BCUT2D eigenvalue weighted by molar-refractivity contribution is 0.0583. The number of hydrogen-bond donors (Lipinski definition) is 2. The van der Waals surface area contributed by atoms with Gasteiger partial charge in [-0.2, -0.15) is 0 Å². The number of para-hydroxylation sites is 1. The number of nitrogens with zero attached hydrogens (tertiary/aromatic N) is 1. The van der Waals surface area contributed by atoms with Gasteiger partial charge in [-0.1, -0.05) is 18.2 Å². The standard InChI is InChI=1S/C16H24N2O3/c1-16(2,3)21-15(20)18-9-8-11-6-5-7-12(14(11)18)13(19)10-17-4/h5-7,13,17,19H,8-10H2,1-4H3. The monoisotopic (exact) mass is 292 g/mol. The molecule has 0 saturated carbocycles. The van der Waals surface area contributed by atoms with E-state index < -0.39 is 11.7 Å². The molecule has 0 radical (unpaired) electrons. The van der Waals surface area contributed by atoms with Crippen LogP contribution in [0.5, 0.6) is 0 Å². The lowest BCUT2D eigenvalue weighted by atomic mass is 10.0. The van der Waals surface area contributed by atoms with Crippen molar-refractivity contribution >= 4 is 11.8 Å². The summed E-state index contributed by atoms with van der Waals surface area (Å²) in [6.45, 7) is 6.59. The second-order valence-electron chi connectivity index (χ2n) is 6.31. The number of rotatable bonds is 3. The number of hydrogen-bond acceptors (Lipinski definition) is 4. The molecule has 1 amide bonds. The third-order valence-corrected chi connectivity index (χ3v) is 3.40. The van der Waals surface area contributed by atoms with Crippen LogP contribution in [0.4, 0.5) is 10.5 Å². The fourth-order valence-electron chi connectivity index (χ4n) is 2.56. The Balaban J connectivity index is 2.31. The molecule has 5 heteroatoms. The van der Waals surface area contributed by atoms with Crippen LogP contribution in [0.15, 0.2) is 18.2 Å². The molecule has 1 aliphatic heterocycles. The SMILES string of the molecule is CNCC(O)c1cccc2c1N(C(=O)OC(C)(C)C)CC2. The van der Waals surface area contributed by atoms with Gasteiger partial charge in [0.05, 0.1) is 11.8 Å². The zero-order chi connectivity index (χ0) is 15.6. The maximum absolute atomic E-state index is 12.4. The maximum atomic E-state index is 12.4. The van der Waals surface area contributed by atoms with E-state index in [9.17, 15) is 9.90 Å². The first-order valence-electron chi connectivity index (χ1n) is 7.28. The summed E-state index contributed by atoms with van der Waals surface area (Å²) in [5.74, 6) is 0. The minimum Gasteiger partial charge on any atom is -0.443 e. The van der Waals surface area contributed by atoms with Crippen molar-refractivity contribution < 1.29 is 14.6 Å². The largest absolute Gasteiger partial charge is 0.443 e. The van der Waals surface area contributed by atoms with Crippen LogP contribution < -0.4 is 10.2 Å². The Morgan fingerprint density at radius 1 is 1.48 bits per heavy atom. The molecule has 0 saturated heterocycles. The van der Waals surface area contributed by atoms with Gasteiger partial charge >= 0.3 is 6.09 Å². The van der Waals surface area contributed by atoms with E-state index in [1.165, 1.54) is 0 Å². The topological polar surface area (TPSA) is 61.8 Å². The van der Waals surface area contributed by atoms with Crippen LogP contribution in [0.25, 0.3) is 0 Å². The first-order chi connectivity index (χ1) is 9.83. The van der Waals surface area contributed by atoms with E-state index in [0.717, 1.165) is 23.2 Å². The van der Waals surface area contributed by atoms with Gasteiger partial charge in [-0.25, -0.2) is 4.79 Å². The highest BCUT2D eigenvalue weighted by atomic mass is 16.6. The molecule has 0 bridgehead atoms. The summed E-state index contributed by atoms with van der Waals surface area (Å²) in [6.07, 6.45) is -0.215. The summed E-state index contributed by atoms with van der Waals surface area (Å²) in [5, 5.41) is 13.2. The fraction of sp³-hybridized carbons (Fsp3) is 0.562. The smallest absolute Gasteiger partial charge is 0.414 e. The summed E-state index contributed by atoms with van der Waals surface area (Å²) in [4.78, 5) is 14.0. The predicted octanol–water partition coefficient (Wildman–Crippen LogP) is 2.24. The number of ether oxygens (including phenoxy) is 1. The normalized spacial score (nSPS) is 15.8. The van der Waals surface area contributed by atoms with Gasteiger partial charge in [0.1, 0.15) is 5.60 Å². The lowest BCUT2D eigenvalue weighted by Crippen LogP contribution is -2.36. The van der Waals surface area contributed by atoms with Crippen molar-refractivity contribution in [1.82, 2.24) is 5.32 Å². The highest BCUT2D eigenvalue weighted by Crippen LogP contribution is 2.36. The number of aliphatic hydroxyl groups excluding tert-OH is 1. The Labute approximate surface area is 125 Å². The first-order valence-corrected chi connectivity index (χ1v) is 7.28. The highest BCUT2D eigenvalue weighted by molar-refractivity contribution is 5.91. The van der Waals surface area contributed by atoms with Gasteiger partial charge in [0.15, 0.2) is 0 Å². The van der Waals surface area contributed by atoms with E-state index >= 15 is 0 Å². The molecule has 1 aromatic rings. The van der Waals surface area contributed by atoms with E-state index in [-0.39, 0.29) is 6.09 Å². The molecule has 1 heterocycles. The van der Waals surface area contributed by atoms with Crippen molar-refractivity contribution in [2.45, 2.75) is 38.9 Å². The molecular formula is C16H24N2O3. The Bertz CT molecular complexity index is 523. The van der Waals surface area contributed by atoms with E-state index in [1.807, 2.05) is 39.0 Å². The summed E-state index contributed by atoms with van der Waals surface area (Å²) < 4.78 is 5.46. The average molecular weight is 292 g/mol. The zero-order valence-corrected chi connectivity index (χ0v) is 13.1. The van der Waals surface area contributed by atoms with Crippen molar-refractivity contribution in [3.63, 3.8) is 0 Å². The summed E-state index contributed by atoms with van der Waals surface area (Å²) in [6, 6.07) is 5.78. The molecule has 0 aromatic heterocycles. The molecule has 1 unspecified atom stereocenters. The summed E-state index contributed by atoms with van der Waals surface area (Å²) in [7, 11) is 1.79. The van der Waals surface area contributed by atoms with Crippen molar-refractivity contribution in [3.05, 3.63) is 29.3 Å². The molecule has 21 heavy (non-hydrogen) atoms. The molecule has 0 fully saturated rings. The number of benzene rings is 1.